The quantitative estimate of drug-likeness (QED) is 0.233. The van der Waals surface area contributed by atoms with Crippen LogP contribution in [0.4, 0.5) is 0 Å². The van der Waals surface area contributed by atoms with E-state index in [0.29, 0.717) is 19.4 Å². The highest BCUT2D eigenvalue weighted by atomic mass is 16.2. The Morgan fingerprint density at radius 2 is 1.45 bits per heavy atom. The van der Waals surface area contributed by atoms with Crippen LogP contribution in [0.1, 0.15) is 111 Å². The second-order valence-corrected chi connectivity index (χ2v) is 14.6. The number of piperidine rings is 1. The average molecular weight is 616 g/mol. The maximum absolute atomic E-state index is 13.9. The van der Waals surface area contributed by atoms with Gasteiger partial charge in [0.05, 0.1) is 6.04 Å². The Balaban J connectivity index is 1.52. The fourth-order valence-electron chi connectivity index (χ4n) is 6.58. The number of hydrogen-bond acceptors (Lipinski definition) is 6. The molecule has 1 heterocycles. The zero-order chi connectivity index (χ0) is 32.0. The van der Waals surface area contributed by atoms with E-state index < -0.39 is 53.0 Å². The Hall–Kier alpha value is -2.98. The molecule has 11 nitrogen and oxygen atoms in total. The smallest absolute Gasteiger partial charge is 0.292 e. The van der Waals surface area contributed by atoms with Gasteiger partial charge >= 0.3 is 0 Å². The molecule has 11 heteroatoms. The van der Waals surface area contributed by atoms with Gasteiger partial charge in [-0.1, -0.05) is 59.3 Å². The molecule has 0 aromatic heterocycles. The van der Waals surface area contributed by atoms with Crippen LogP contribution in [0.25, 0.3) is 0 Å². The summed E-state index contributed by atoms with van der Waals surface area (Å²) in [7, 11) is 1.60. The van der Waals surface area contributed by atoms with Gasteiger partial charge in [-0.3, -0.25) is 28.8 Å². The third kappa shape index (κ3) is 9.03. The maximum Gasteiger partial charge on any atom is 0.292 e. The summed E-state index contributed by atoms with van der Waals surface area (Å²) in [5.74, 6) is -3.03. The maximum atomic E-state index is 13.9. The summed E-state index contributed by atoms with van der Waals surface area (Å²) in [5, 5.41) is 11.6. The fraction of sp³-hybridized carbons (Fsp3) is 0.818. The first kappa shape index (κ1) is 33.9. The Bertz CT molecular complexity index is 1090. The summed E-state index contributed by atoms with van der Waals surface area (Å²) in [4.78, 5) is 81.5. The predicted octanol–water partition coefficient (Wildman–Crippen LogP) is 2.36. The molecular weight excluding hydrogens is 562 g/mol. The number of nitrogens with zero attached hydrogens (tertiary/aromatic N) is 1. The van der Waals surface area contributed by atoms with Crippen molar-refractivity contribution >= 4 is 35.3 Å². The molecule has 5 amide bonds. The number of carbonyl (C=O) groups is 6. The third-order valence-electron chi connectivity index (χ3n) is 9.98. The Kier molecular flexibility index (Phi) is 11.5. The summed E-state index contributed by atoms with van der Waals surface area (Å²) in [5.41, 5.74) is -0.685. The van der Waals surface area contributed by atoms with Crippen molar-refractivity contribution in [1.29, 1.82) is 0 Å². The average Bonchev–Trinajstić information content (AvgIpc) is 3.82. The van der Waals surface area contributed by atoms with Gasteiger partial charge in [0.25, 0.3) is 5.91 Å². The minimum absolute atomic E-state index is 0.0199. The highest BCUT2D eigenvalue weighted by molar-refractivity contribution is 6.38. The number of carbonyl (C=O) groups excluding carboxylic acids is 6. The van der Waals surface area contributed by atoms with Gasteiger partial charge in [0.2, 0.25) is 29.4 Å². The van der Waals surface area contributed by atoms with E-state index in [0.717, 1.165) is 70.6 Å². The van der Waals surface area contributed by atoms with Gasteiger partial charge in [-0.2, -0.15) is 0 Å². The first-order chi connectivity index (χ1) is 20.8. The fourth-order valence-corrected chi connectivity index (χ4v) is 6.58. The van der Waals surface area contributed by atoms with Gasteiger partial charge in [-0.25, -0.2) is 0 Å². The summed E-state index contributed by atoms with van der Waals surface area (Å²) >= 11 is 0. The molecule has 0 radical (unpaired) electrons. The minimum Gasteiger partial charge on any atom is -0.356 e. The van der Waals surface area contributed by atoms with Crippen molar-refractivity contribution in [2.24, 2.45) is 23.2 Å². The number of hydrogen-bond donors (Lipinski definition) is 4. The molecule has 44 heavy (non-hydrogen) atoms. The first-order valence-corrected chi connectivity index (χ1v) is 16.9. The monoisotopic (exact) mass is 615 g/mol. The van der Waals surface area contributed by atoms with E-state index in [4.69, 9.17) is 0 Å². The highest BCUT2D eigenvalue weighted by Gasteiger charge is 2.41. The molecule has 4 N–H and O–H groups in total. The molecule has 0 aromatic carbocycles. The lowest BCUT2D eigenvalue weighted by molar-refractivity contribution is -0.146. The van der Waals surface area contributed by atoms with Crippen LogP contribution >= 0.6 is 0 Å². The van der Waals surface area contributed by atoms with Crippen LogP contribution in [0.15, 0.2) is 0 Å². The number of likely N-dealkylation sites (N-methyl/N-ethyl adjacent to an activating group) is 1. The van der Waals surface area contributed by atoms with Crippen molar-refractivity contribution < 1.29 is 28.8 Å². The number of nitrogens with one attached hydrogen (secondary N) is 4. The molecule has 1 saturated heterocycles. The van der Waals surface area contributed by atoms with Crippen molar-refractivity contribution in [1.82, 2.24) is 26.2 Å². The van der Waals surface area contributed by atoms with Crippen LogP contribution in [0.2, 0.25) is 0 Å². The van der Waals surface area contributed by atoms with E-state index in [1.54, 1.807) is 27.8 Å². The summed E-state index contributed by atoms with van der Waals surface area (Å²) < 4.78 is 0. The molecule has 4 rings (SSSR count). The molecule has 0 spiro atoms. The van der Waals surface area contributed by atoms with Gasteiger partial charge in [0.15, 0.2) is 0 Å². The summed E-state index contributed by atoms with van der Waals surface area (Å²) in [6.45, 7) is 5.97. The Morgan fingerprint density at radius 1 is 0.795 bits per heavy atom. The van der Waals surface area contributed by atoms with Crippen LogP contribution in [0.5, 0.6) is 0 Å². The van der Waals surface area contributed by atoms with Crippen LogP contribution in [0, 0.1) is 23.2 Å². The van der Waals surface area contributed by atoms with Crippen LogP contribution < -0.4 is 21.3 Å². The van der Waals surface area contributed by atoms with Gasteiger partial charge in [-0.15, -0.1) is 0 Å². The van der Waals surface area contributed by atoms with Gasteiger partial charge < -0.3 is 26.2 Å². The van der Waals surface area contributed by atoms with Crippen molar-refractivity contribution in [2.45, 2.75) is 135 Å². The molecule has 3 saturated carbocycles. The van der Waals surface area contributed by atoms with Crippen molar-refractivity contribution in [3.8, 4) is 0 Å². The van der Waals surface area contributed by atoms with Crippen LogP contribution in [-0.2, 0) is 28.8 Å². The zero-order valence-corrected chi connectivity index (χ0v) is 27.0. The number of amides is 5. The number of Topliss-reactive ketones (excluding diaryl/α,β-unsaturated/α-hetero) is 1. The highest BCUT2D eigenvalue weighted by Crippen LogP contribution is 2.32. The summed E-state index contributed by atoms with van der Waals surface area (Å²) in [6.07, 6.45) is 11.1. The first-order valence-electron chi connectivity index (χ1n) is 16.9. The zero-order valence-electron chi connectivity index (χ0n) is 27.0. The lowest BCUT2D eigenvalue weighted by Crippen LogP contribution is -2.59. The normalized spacial score (nSPS) is 23.3. The second kappa shape index (κ2) is 14.9. The molecule has 1 aliphatic heterocycles. The molecular formula is C33H53N5O6. The van der Waals surface area contributed by atoms with Crippen molar-refractivity contribution in [3.05, 3.63) is 0 Å². The molecule has 0 bridgehead atoms. The van der Waals surface area contributed by atoms with E-state index in [1.165, 1.54) is 4.90 Å². The molecule has 0 unspecified atom stereocenters. The summed E-state index contributed by atoms with van der Waals surface area (Å²) in [6, 6.07) is -2.86. The number of ketones is 1. The number of rotatable bonds is 13. The van der Waals surface area contributed by atoms with E-state index >= 15 is 0 Å². The van der Waals surface area contributed by atoms with Crippen LogP contribution in [0.3, 0.4) is 0 Å². The molecule has 246 valence electrons. The van der Waals surface area contributed by atoms with Crippen LogP contribution in [-0.4, -0.2) is 78.0 Å². The Labute approximate surface area is 261 Å². The SMILES string of the molecule is CN(C(=O)C(=O)[C@H](C[C@@H]1CCCNC1=O)NC(=O)[C@H](CC1CCC1)NC(=O)[C@H](NC(=O)C(C)(C)C)C1CCCCC1)C1CC1. The molecule has 3 aliphatic carbocycles. The topological polar surface area (TPSA) is 154 Å². The van der Waals surface area contributed by atoms with Gasteiger partial charge in [-0.05, 0) is 63.2 Å². The van der Waals surface area contributed by atoms with Crippen molar-refractivity contribution in [3.63, 3.8) is 0 Å². The van der Waals surface area contributed by atoms with E-state index in [1.807, 2.05) is 0 Å². The molecule has 4 atom stereocenters. The van der Waals surface area contributed by atoms with E-state index in [2.05, 4.69) is 21.3 Å². The molecule has 4 aliphatic rings. The standard InChI is InChI=1S/C33H53N5O6/c1-33(2,3)32(44)37-26(21-12-6-5-7-13-21)30(42)36-25(18-20-10-8-11-20)29(41)35-24(19-22-14-9-17-34-28(22)40)27(39)31(43)38(4)23-15-16-23/h20-26H,5-19H2,1-4H3,(H,34,40)(H,35,41)(H,36,42)(H,37,44)/t22-,24-,25-,26+/m0/s1. The van der Waals surface area contributed by atoms with E-state index in [-0.39, 0.29) is 36.1 Å². The predicted molar refractivity (Wildman–Crippen MR) is 165 cm³/mol. The third-order valence-corrected chi connectivity index (χ3v) is 9.98. The largest absolute Gasteiger partial charge is 0.356 e. The lowest BCUT2D eigenvalue weighted by atomic mass is 9.80. The lowest BCUT2D eigenvalue weighted by Gasteiger charge is -2.35. The van der Waals surface area contributed by atoms with Crippen molar-refractivity contribution in [2.75, 3.05) is 13.6 Å². The Morgan fingerprint density at radius 3 is 2.02 bits per heavy atom. The van der Waals surface area contributed by atoms with E-state index in [9.17, 15) is 28.8 Å². The van der Waals surface area contributed by atoms with Gasteiger partial charge in [0, 0.05) is 31.0 Å². The van der Waals surface area contributed by atoms with Gasteiger partial charge in [0.1, 0.15) is 12.1 Å². The minimum atomic E-state index is -1.18. The molecule has 0 aromatic rings. The second-order valence-electron chi connectivity index (χ2n) is 14.6. The molecule has 4 fully saturated rings.